The van der Waals surface area contributed by atoms with Crippen molar-refractivity contribution < 1.29 is 37.7 Å². The lowest BCUT2D eigenvalue weighted by Crippen LogP contribution is -2.45. The molecule has 0 fully saturated rings. The summed E-state index contributed by atoms with van der Waals surface area (Å²) in [6, 6.07) is 0. The average molecular weight is 544 g/mol. The largest absolute Gasteiger partial charge is 0.457 e. The van der Waals surface area contributed by atoms with E-state index in [4.69, 9.17) is 4.74 Å². The van der Waals surface area contributed by atoms with Crippen LogP contribution in [0.1, 0.15) is 64.6 Å². The molecule has 0 bridgehead atoms. The van der Waals surface area contributed by atoms with Crippen molar-refractivity contribution >= 4 is 29.2 Å². The number of rotatable bonds is 2. The Labute approximate surface area is 219 Å². The molecule has 5 atom stereocenters. The van der Waals surface area contributed by atoms with E-state index in [9.17, 15) is 33.0 Å². The van der Waals surface area contributed by atoms with Gasteiger partial charge < -0.3 is 14.9 Å². The molecule has 1 aliphatic rings. The quantitative estimate of drug-likeness (QED) is 0.473. The average Bonchev–Trinajstić information content (AvgIpc) is 3.21. The van der Waals surface area contributed by atoms with Crippen LogP contribution in [0.2, 0.25) is 0 Å². The molecule has 1 aromatic rings. The highest BCUT2D eigenvalue weighted by molar-refractivity contribution is 7.09. The maximum atomic E-state index is 13.7. The van der Waals surface area contributed by atoms with Crippen molar-refractivity contribution in [2.24, 2.45) is 17.3 Å². The highest BCUT2D eigenvalue weighted by atomic mass is 32.1. The second-order valence-electron chi connectivity index (χ2n) is 10.3. The van der Waals surface area contributed by atoms with Gasteiger partial charge in [0.1, 0.15) is 11.9 Å². The van der Waals surface area contributed by atoms with Crippen molar-refractivity contribution in [3.63, 3.8) is 0 Å². The number of hydrogen-bond acceptors (Lipinski definition) is 7. The van der Waals surface area contributed by atoms with Crippen LogP contribution in [0.3, 0.4) is 0 Å². The SMILES string of the molecule is C/C(=C\c1csc(C)n1)[C@@H]1C/C=C(C(F)(F)F)\C=C\C[C@H](C)[C@H](O)[C@@H](C)C(=O)C(C)(C)[C@@H](O)CC(=O)O1. The molecule has 0 aliphatic carbocycles. The molecular formula is C27H36F3NO5S. The number of alkyl halides is 3. The van der Waals surface area contributed by atoms with Crippen molar-refractivity contribution in [3.05, 3.63) is 45.5 Å². The molecule has 6 nitrogen and oxygen atoms in total. The summed E-state index contributed by atoms with van der Waals surface area (Å²) in [5.41, 5.74) is -1.20. The Morgan fingerprint density at radius 1 is 1.22 bits per heavy atom. The van der Waals surface area contributed by atoms with Crippen LogP contribution in [-0.4, -0.2) is 51.4 Å². The van der Waals surface area contributed by atoms with E-state index in [2.05, 4.69) is 4.98 Å². The molecule has 10 heteroatoms. The number of hydrogen-bond donors (Lipinski definition) is 2. The number of aryl methyl sites for hydroxylation is 1. The van der Waals surface area contributed by atoms with Crippen LogP contribution < -0.4 is 0 Å². The molecule has 2 N–H and O–H groups in total. The minimum absolute atomic E-state index is 0.107. The first-order valence-corrected chi connectivity index (χ1v) is 13.1. The fraction of sp³-hybridized carbons (Fsp3) is 0.593. The number of aliphatic hydroxyl groups excluding tert-OH is 2. The van der Waals surface area contributed by atoms with Crippen molar-refractivity contribution in [1.29, 1.82) is 0 Å². The molecule has 0 aromatic carbocycles. The van der Waals surface area contributed by atoms with Gasteiger partial charge in [-0.15, -0.1) is 11.3 Å². The van der Waals surface area contributed by atoms with Crippen molar-refractivity contribution in [2.45, 2.75) is 85.3 Å². The number of aliphatic hydroxyl groups is 2. The predicted molar refractivity (Wildman–Crippen MR) is 137 cm³/mol. The zero-order valence-corrected chi connectivity index (χ0v) is 22.8. The van der Waals surface area contributed by atoms with Crippen molar-refractivity contribution in [3.8, 4) is 0 Å². The summed E-state index contributed by atoms with van der Waals surface area (Å²) in [5.74, 6) is -2.73. The van der Waals surface area contributed by atoms with Gasteiger partial charge in [-0.1, -0.05) is 45.9 Å². The molecule has 0 saturated heterocycles. The van der Waals surface area contributed by atoms with E-state index in [1.807, 2.05) is 6.92 Å². The maximum absolute atomic E-state index is 13.7. The van der Waals surface area contributed by atoms with E-state index < -0.39 is 65.5 Å². The van der Waals surface area contributed by atoms with Crippen LogP contribution >= 0.6 is 11.3 Å². The third-order valence-corrected chi connectivity index (χ3v) is 7.61. The Bertz CT molecular complexity index is 1060. The van der Waals surface area contributed by atoms with Gasteiger partial charge in [-0.2, -0.15) is 13.2 Å². The lowest BCUT2D eigenvalue weighted by atomic mass is 9.73. The van der Waals surface area contributed by atoms with E-state index in [1.165, 1.54) is 38.2 Å². The van der Waals surface area contributed by atoms with E-state index in [1.54, 1.807) is 25.3 Å². The smallest absolute Gasteiger partial charge is 0.416 e. The second-order valence-corrected chi connectivity index (χ2v) is 11.3. The second kappa shape index (κ2) is 12.5. The maximum Gasteiger partial charge on any atom is 0.416 e. The molecule has 0 unspecified atom stereocenters. The summed E-state index contributed by atoms with van der Waals surface area (Å²) in [5, 5.41) is 24.0. The van der Waals surface area contributed by atoms with Crippen LogP contribution in [0.5, 0.6) is 0 Å². The van der Waals surface area contributed by atoms with Gasteiger partial charge in [-0.3, -0.25) is 9.59 Å². The normalized spacial score (nSPS) is 31.4. The highest BCUT2D eigenvalue weighted by Crippen LogP contribution is 2.33. The standard InChI is InChI=1S/C27H36F3NO5S/c1-15-8-7-9-19(27(28,29)30)10-11-21(16(2)12-20-14-37-18(4)31-20)36-23(33)13-22(32)26(5,6)25(35)17(3)24(15)34/h7,9-10,12,14-15,17,21-22,24,32,34H,8,11,13H2,1-6H3/b9-7+,16-12+,19-10+/t15-,17+,21-,22-,24-/m0/s1. The first kappa shape index (κ1) is 30.9. The molecule has 206 valence electrons. The van der Waals surface area contributed by atoms with Gasteiger partial charge in [0.25, 0.3) is 0 Å². The van der Waals surface area contributed by atoms with Gasteiger partial charge in [0, 0.05) is 17.7 Å². The third kappa shape index (κ3) is 8.35. The molecule has 2 heterocycles. The van der Waals surface area contributed by atoms with Crippen LogP contribution in [0, 0.1) is 24.2 Å². The number of carbonyl (C=O) groups is 2. The molecule has 0 spiro atoms. The topological polar surface area (TPSA) is 96.7 Å². The molecule has 0 amide bonds. The van der Waals surface area contributed by atoms with Gasteiger partial charge in [0.05, 0.1) is 40.3 Å². The Kier molecular flexibility index (Phi) is 10.4. The number of aromatic nitrogens is 1. The zero-order chi connectivity index (χ0) is 28.1. The minimum Gasteiger partial charge on any atom is -0.457 e. The fourth-order valence-corrected chi connectivity index (χ4v) is 4.75. The summed E-state index contributed by atoms with van der Waals surface area (Å²) in [4.78, 5) is 30.2. The third-order valence-electron chi connectivity index (χ3n) is 6.82. The van der Waals surface area contributed by atoms with Crippen molar-refractivity contribution in [1.82, 2.24) is 4.98 Å². The van der Waals surface area contributed by atoms with Gasteiger partial charge >= 0.3 is 12.1 Å². The molecule has 2 rings (SSSR count). The zero-order valence-electron chi connectivity index (χ0n) is 22.0. The van der Waals surface area contributed by atoms with E-state index >= 15 is 0 Å². The number of nitrogens with zero attached hydrogens (tertiary/aromatic N) is 1. The van der Waals surface area contributed by atoms with E-state index in [0.717, 1.165) is 17.2 Å². The summed E-state index contributed by atoms with van der Waals surface area (Å²) < 4.78 is 46.7. The van der Waals surface area contributed by atoms with Crippen LogP contribution in [-0.2, 0) is 14.3 Å². The number of ketones is 1. The van der Waals surface area contributed by atoms with Crippen molar-refractivity contribution in [2.75, 3.05) is 0 Å². The summed E-state index contributed by atoms with van der Waals surface area (Å²) >= 11 is 1.41. The van der Waals surface area contributed by atoms with Gasteiger partial charge in [0.2, 0.25) is 0 Å². The summed E-state index contributed by atoms with van der Waals surface area (Å²) in [6.07, 6.45) is -4.07. The Balaban J connectivity index is 2.50. The summed E-state index contributed by atoms with van der Waals surface area (Å²) in [6.45, 7) is 9.60. The number of thiazole rings is 1. The lowest BCUT2D eigenvalue weighted by Gasteiger charge is -2.34. The van der Waals surface area contributed by atoms with Gasteiger partial charge in [0.15, 0.2) is 0 Å². The van der Waals surface area contributed by atoms with Gasteiger partial charge in [-0.25, -0.2) is 4.98 Å². The van der Waals surface area contributed by atoms with Crippen LogP contribution in [0.15, 0.2) is 34.8 Å². The first-order valence-electron chi connectivity index (χ1n) is 12.2. The monoisotopic (exact) mass is 543 g/mol. The molecule has 0 saturated carbocycles. The molecule has 37 heavy (non-hydrogen) atoms. The van der Waals surface area contributed by atoms with Crippen LogP contribution in [0.25, 0.3) is 6.08 Å². The first-order chi connectivity index (χ1) is 17.0. The van der Waals surface area contributed by atoms with E-state index in [-0.39, 0.29) is 12.8 Å². The van der Waals surface area contributed by atoms with Gasteiger partial charge in [-0.05, 0) is 37.8 Å². The van der Waals surface area contributed by atoms with E-state index in [0.29, 0.717) is 11.3 Å². The van der Waals surface area contributed by atoms with Crippen LogP contribution in [0.4, 0.5) is 13.2 Å². The number of cyclic esters (lactones) is 1. The summed E-state index contributed by atoms with van der Waals surface area (Å²) in [7, 11) is 0. The molecule has 1 aromatic heterocycles. The predicted octanol–water partition coefficient (Wildman–Crippen LogP) is 5.58. The number of ether oxygens (including phenoxy) is 1. The number of carbonyl (C=O) groups excluding carboxylic acids is 2. The number of Topliss-reactive ketones (excluding diaryl/α,β-unsaturated/α-hetero) is 1. The Hall–Kier alpha value is -2.30. The Morgan fingerprint density at radius 2 is 1.86 bits per heavy atom. The molecular weight excluding hydrogens is 507 g/mol. The Morgan fingerprint density at radius 3 is 2.43 bits per heavy atom. The minimum atomic E-state index is -4.65. The fourth-order valence-electron chi connectivity index (χ4n) is 4.18. The number of esters is 1. The number of allylic oxidation sites excluding steroid dienone is 3. The lowest BCUT2D eigenvalue weighted by molar-refractivity contribution is -0.154. The molecule has 0 radical (unpaired) electrons. The highest BCUT2D eigenvalue weighted by Gasteiger charge is 2.42. The number of halogens is 3. The molecule has 1 aliphatic heterocycles.